The molecule has 0 atom stereocenters. The summed E-state index contributed by atoms with van der Waals surface area (Å²) < 4.78 is 5.76. The van der Waals surface area contributed by atoms with Gasteiger partial charge in [0.15, 0.2) is 0 Å². The molecule has 0 rings (SSSR count). The third-order valence-corrected chi connectivity index (χ3v) is 1.64. The summed E-state index contributed by atoms with van der Waals surface area (Å²) in [7, 11) is 4.12. The van der Waals surface area contributed by atoms with Crippen LogP contribution in [0.15, 0.2) is 12.8 Å². The second kappa shape index (κ2) is 7.40. The van der Waals surface area contributed by atoms with E-state index in [0.717, 1.165) is 17.6 Å². The zero-order chi connectivity index (χ0) is 8.74. The zero-order valence-electron chi connectivity index (χ0n) is 7.79. The summed E-state index contributed by atoms with van der Waals surface area (Å²) in [5.41, 5.74) is 0. The van der Waals surface area contributed by atoms with E-state index in [9.17, 15) is 0 Å². The highest BCUT2D eigenvalue weighted by Crippen LogP contribution is 1.94. The molecule has 1 N–H and O–H groups in total. The third-order valence-electron chi connectivity index (χ3n) is 1.64. The maximum Gasteiger partial charge on any atom is 0.136 e. The van der Waals surface area contributed by atoms with Crippen molar-refractivity contribution < 1.29 is 26.7 Å². The minimum atomic E-state index is 0. The van der Waals surface area contributed by atoms with Gasteiger partial charge in [-0.2, -0.15) is 0 Å². The van der Waals surface area contributed by atoms with E-state index in [1.54, 1.807) is 0 Å². The maximum absolute atomic E-state index is 8.68. The molecule has 3 nitrogen and oxygen atoms in total. The van der Waals surface area contributed by atoms with Gasteiger partial charge in [-0.3, -0.25) is 0 Å². The molecule has 0 saturated heterocycles. The van der Waals surface area contributed by atoms with Crippen LogP contribution in [-0.4, -0.2) is 50.0 Å². The molecule has 0 spiro atoms. The Morgan fingerprint density at radius 3 is 2.42 bits per heavy atom. The van der Waals surface area contributed by atoms with Crippen LogP contribution in [0.1, 0.15) is 0 Å². The minimum absolute atomic E-state index is 0. The highest BCUT2D eigenvalue weighted by Gasteiger charge is 2.12. The van der Waals surface area contributed by atoms with Crippen LogP contribution in [0.3, 0.4) is 0 Å². The number of hydrogen-bond donors (Lipinski definition) is 1. The number of likely N-dealkylation sites (N-methyl/N-ethyl adjacent to an activating group) is 1. The Morgan fingerprint density at radius 2 is 2.00 bits per heavy atom. The van der Waals surface area contributed by atoms with E-state index in [1.165, 1.54) is 6.26 Å². The lowest BCUT2D eigenvalue weighted by atomic mass is 10.4. The molecule has 0 aromatic rings. The predicted octanol–water partition coefficient (Wildman–Crippen LogP) is -2.78. The van der Waals surface area contributed by atoms with Gasteiger partial charge in [0, 0.05) is 0 Å². The van der Waals surface area contributed by atoms with Crippen molar-refractivity contribution in [2.75, 3.05) is 40.4 Å². The van der Waals surface area contributed by atoms with Crippen molar-refractivity contribution in [2.24, 2.45) is 0 Å². The van der Waals surface area contributed by atoms with E-state index in [2.05, 4.69) is 20.7 Å². The van der Waals surface area contributed by atoms with Crippen LogP contribution in [0.2, 0.25) is 0 Å². The average molecular weight is 196 g/mol. The molecular weight excluding hydrogens is 178 g/mol. The van der Waals surface area contributed by atoms with Crippen molar-refractivity contribution >= 4 is 0 Å². The number of nitrogens with zero attached hydrogens (tertiary/aromatic N) is 1. The molecule has 0 heterocycles. The van der Waals surface area contributed by atoms with Crippen LogP contribution in [0, 0.1) is 0 Å². The van der Waals surface area contributed by atoms with Crippen molar-refractivity contribution in [1.29, 1.82) is 0 Å². The van der Waals surface area contributed by atoms with Gasteiger partial charge in [-0.05, 0) is 0 Å². The van der Waals surface area contributed by atoms with Crippen LogP contribution in [0.25, 0.3) is 0 Å². The molecule has 4 heteroatoms. The quantitative estimate of drug-likeness (QED) is 0.282. The molecule has 0 fully saturated rings. The molecule has 74 valence electrons. The topological polar surface area (TPSA) is 29.5 Å². The Morgan fingerprint density at radius 1 is 1.42 bits per heavy atom. The third kappa shape index (κ3) is 7.85. The van der Waals surface area contributed by atoms with E-state index in [4.69, 9.17) is 9.84 Å². The van der Waals surface area contributed by atoms with Crippen LogP contribution in [-0.2, 0) is 4.74 Å². The Bertz CT molecular complexity index is 118. The SMILES string of the molecule is C=COCC[N+](C)(C)CCO.[Cl-]. The molecule has 0 bridgehead atoms. The lowest BCUT2D eigenvalue weighted by Gasteiger charge is -2.28. The predicted molar refractivity (Wildman–Crippen MR) is 45.1 cm³/mol. The van der Waals surface area contributed by atoms with Crippen LogP contribution < -0.4 is 12.4 Å². The fourth-order valence-electron chi connectivity index (χ4n) is 0.766. The Balaban J connectivity index is 0. The first-order valence-electron chi connectivity index (χ1n) is 3.78. The highest BCUT2D eigenvalue weighted by atomic mass is 35.5. The lowest BCUT2D eigenvalue weighted by molar-refractivity contribution is -0.890. The van der Waals surface area contributed by atoms with Gasteiger partial charge in [0.25, 0.3) is 0 Å². The molecule has 0 aliphatic carbocycles. The fraction of sp³-hybridized carbons (Fsp3) is 0.750. The standard InChI is InChI=1S/C8H18NO2.ClH/c1-4-11-8-6-9(2,3)5-7-10;/h4,10H,1,5-8H2,2-3H3;1H/q+1;/p-1. The molecule has 0 aliphatic heterocycles. The van der Waals surface area contributed by atoms with Gasteiger partial charge >= 0.3 is 0 Å². The van der Waals surface area contributed by atoms with Gasteiger partial charge in [0.05, 0.1) is 27.0 Å². The monoisotopic (exact) mass is 195 g/mol. The van der Waals surface area contributed by atoms with Crippen LogP contribution >= 0.6 is 0 Å². The van der Waals surface area contributed by atoms with E-state index < -0.39 is 0 Å². The normalized spacial score (nSPS) is 10.2. The van der Waals surface area contributed by atoms with Crippen LogP contribution in [0.5, 0.6) is 0 Å². The Labute approximate surface area is 80.6 Å². The highest BCUT2D eigenvalue weighted by molar-refractivity contribution is 4.48. The number of hydrogen-bond acceptors (Lipinski definition) is 2. The Kier molecular flexibility index (Phi) is 8.81. The lowest BCUT2D eigenvalue weighted by Crippen LogP contribution is -3.00. The molecule has 0 aromatic carbocycles. The summed E-state index contributed by atoms with van der Waals surface area (Å²) in [6, 6.07) is 0. The first-order chi connectivity index (χ1) is 5.12. The first kappa shape index (κ1) is 14.3. The molecule has 0 amide bonds. The number of quaternary nitrogens is 1. The molecule has 0 aromatic heterocycles. The number of halogens is 1. The van der Waals surface area contributed by atoms with Crippen molar-refractivity contribution in [3.8, 4) is 0 Å². The molecule has 0 saturated carbocycles. The molecular formula is C8H18ClNO2. The fourth-order valence-corrected chi connectivity index (χ4v) is 0.766. The number of aliphatic hydroxyl groups is 1. The first-order valence-corrected chi connectivity index (χ1v) is 3.78. The van der Waals surface area contributed by atoms with Crippen LogP contribution in [0.4, 0.5) is 0 Å². The Hall–Kier alpha value is -0.250. The zero-order valence-corrected chi connectivity index (χ0v) is 8.55. The minimum Gasteiger partial charge on any atom is -1.00 e. The summed E-state index contributed by atoms with van der Waals surface area (Å²) in [4.78, 5) is 0. The van der Waals surface area contributed by atoms with Gasteiger partial charge in [0.1, 0.15) is 19.7 Å². The van der Waals surface area contributed by atoms with Gasteiger partial charge < -0.3 is 26.7 Å². The summed E-state index contributed by atoms with van der Waals surface area (Å²) in [5, 5.41) is 8.68. The summed E-state index contributed by atoms with van der Waals surface area (Å²) in [6.45, 7) is 5.99. The van der Waals surface area contributed by atoms with E-state index in [0.29, 0.717) is 6.61 Å². The van der Waals surface area contributed by atoms with Crippen molar-refractivity contribution in [2.45, 2.75) is 0 Å². The summed E-state index contributed by atoms with van der Waals surface area (Å²) in [6.07, 6.45) is 1.44. The maximum atomic E-state index is 8.68. The van der Waals surface area contributed by atoms with Gasteiger partial charge in [-0.25, -0.2) is 0 Å². The molecule has 0 radical (unpaired) electrons. The van der Waals surface area contributed by atoms with Crippen molar-refractivity contribution in [3.63, 3.8) is 0 Å². The van der Waals surface area contributed by atoms with Crippen molar-refractivity contribution in [3.05, 3.63) is 12.8 Å². The van der Waals surface area contributed by atoms with E-state index in [-0.39, 0.29) is 19.0 Å². The van der Waals surface area contributed by atoms with Gasteiger partial charge in [-0.15, -0.1) is 0 Å². The largest absolute Gasteiger partial charge is 1.00 e. The second-order valence-corrected chi connectivity index (χ2v) is 3.14. The number of ether oxygens (including phenoxy) is 1. The number of rotatable bonds is 6. The number of aliphatic hydroxyl groups excluding tert-OH is 1. The smallest absolute Gasteiger partial charge is 0.136 e. The average Bonchev–Trinajstić information content (AvgIpc) is 1.87. The summed E-state index contributed by atoms with van der Waals surface area (Å²) in [5.74, 6) is 0. The molecule has 0 unspecified atom stereocenters. The van der Waals surface area contributed by atoms with E-state index in [1.807, 2.05) is 0 Å². The van der Waals surface area contributed by atoms with Crippen molar-refractivity contribution in [1.82, 2.24) is 0 Å². The van der Waals surface area contributed by atoms with Gasteiger partial charge in [0.2, 0.25) is 0 Å². The van der Waals surface area contributed by atoms with E-state index >= 15 is 0 Å². The second-order valence-electron chi connectivity index (χ2n) is 3.14. The molecule has 12 heavy (non-hydrogen) atoms. The summed E-state index contributed by atoms with van der Waals surface area (Å²) >= 11 is 0. The van der Waals surface area contributed by atoms with Gasteiger partial charge in [-0.1, -0.05) is 6.58 Å². The molecule has 0 aliphatic rings.